The molecule has 0 bridgehead atoms. The quantitative estimate of drug-likeness (QED) is 0.788. The number of rotatable bonds is 2. The molecule has 0 unspecified atom stereocenters. The third-order valence-corrected chi connectivity index (χ3v) is 4.47. The second kappa shape index (κ2) is 5.63. The lowest BCUT2D eigenvalue weighted by atomic mass is 10.1. The van der Waals surface area contributed by atoms with Crippen molar-refractivity contribution >= 4 is 28.7 Å². The van der Waals surface area contributed by atoms with E-state index in [2.05, 4.69) is 27.7 Å². The number of carbonyl (C=O) groups is 1. The molecule has 0 spiro atoms. The van der Waals surface area contributed by atoms with Crippen LogP contribution in [-0.2, 0) is 19.5 Å². The molecular formula is C14H13FIN3O2. The smallest absolute Gasteiger partial charge is 0.407 e. The van der Waals surface area contributed by atoms with Crippen LogP contribution in [0.1, 0.15) is 16.8 Å². The number of nitrogens with zero attached hydrogens (tertiary/aromatic N) is 3. The van der Waals surface area contributed by atoms with Crippen LogP contribution in [0.5, 0.6) is 0 Å². The van der Waals surface area contributed by atoms with E-state index in [1.54, 1.807) is 12.1 Å². The first-order valence-corrected chi connectivity index (χ1v) is 7.59. The Labute approximate surface area is 134 Å². The van der Waals surface area contributed by atoms with Crippen LogP contribution >= 0.6 is 22.6 Å². The fraction of sp³-hybridized carbons (Fsp3) is 0.286. The normalized spacial score (nSPS) is 14.1. The van der Waals surface area contributed by atoms with Gasteiger partial charge in [0.1, 0.15) is 9.52 Å². The highest BCUT2D eigenvalue weighted by Gasteiger charge is 2.26. The van der Waals surface area contributed by atoms with E-state index in [1.807, 2.05) is 4.68 Å². The van der Waals surface area contributed by atoms with Crippen molar-refractivity contribution in [2.24, 2.45) is 0 Å². The van der Waals surface area contributed by atoms with Crippen LogP contribution in [0.2, 0.25) is 0 Å². The minimum absolute atomic E-state index is 0.270. The number of hydrogen-bond donors (Lipinski definition) is 1. The second-order valence-electron chi connectivity index (χ2n) is 4.95. The van der Waals surface area contributed by atoms with Crippen LogP contribution in [-0.4, -0.2) is 32.4 Å². The summed E-state index contributed by atoms with van der Waals surface area (Å²) in [4.78, 5) is 12.5. The molecule has 1 aliphatic rings. The van der Waals surface area contributed by atoms with Crippen LogP contribution < -0.4 is 0 Å². The van der Waals surface area contributed by atoms with Gasteiger partial charge in [-0.15, -0.1) is 0 Å². The van der Waals surface area contributed by atoms with E-state index in [1.165, 1.54) is 17.0 Å². The zero-order valence-corrected chi connectivity index (χ0v) is 13.2. The van der Waals surface area contributed by atoms with Gasteiger partial charge in [-0.25, -0.2) is 9.18 Å². The Morgan fingerprint density at radius 3 is 2.76 bits per heavy atom. The third-order valence-electron chi connectivity index (χ3n) is 3.61. The number of fused-ring (bicyclic) bond motifs is 1. The lowest BCUT2D eigenvalue weighted by molar-refractivity contribution is 0.138. The van der Waals surface area contributed by atoms with Crippen LogP contribution in [0.4, 0.5) is 9.18 Å². The molecule has 3 rings (SSSR count). The highest BCUT2D eigenvalue weighted by molar-refractivity contribution is 14.1. The summed E-state index contributed by atoms with van der Waals surface area (Å²) in [6, 6.07) is 6.27. The first kappa shape index (κ1) is 14.3. The molecule has 0 aliphatic carbocycles. The Morgan fingerprint density at radius 1 is 1.38 bits per heavy atom. The van der Waals surface area contributed by atoms with E-state index in [4.69, 9.17) is 5.11 Å². The van der Waals surface area contributed by atoms with E-state index in [0.717, 1.165) is 20.5 Å². The maximum absolute atomic E-state index is 12.9. The predicted molar refractivity (Wildman–Crippen MR) is 82.6 cm³/mol. The van der Waals surface area contributed by atoms with Crippen molar-refractivity contribution in [3.63, 3.8) is 0 Å². The van der Waals surface area contributed by atoms with Crippen molar-refractivity contribution in [3.05, 3.63) is 50.6 Å². The number of hydrogen-bond acceptors (Lipinski definition) is 2. The van der Waals surface area contributed by atoms with Gasteiger partial charge in [0.05, 0.1) is 18.8 Å². The number of benzene rings is 1. The van der Waals surface area contributed by atoms with E-state index in [9.17, 15) is 9.18 Å². The summed E-state index contributed by atoms with van der Waals surface area (Å²) in [5, 5.41) is 13.6. The summed E-state index contributed by atoms with van der Waals surface area (Å²) in [5.41, 5.74) is 2.98. The standard InChI is InChI=1S/C14H13FIN3O2/c15-10-3-1-9(2-4-10)7-19-12-8-18(14(20)21)6-5-11(12)13(16)17-19/h1-4H,5-8H2,(H,20,21). The summed E-state index contributed by atoms with van der Waals surface area (Å²) in [6.45, 7) is 1.36. The first-order chi connectivity index (χ1) is 10.0. The van der Waals surface area contributed by atoms with Crippen LogP contribution in [0.3, 0.4) is 0 Å². The van der Waals surface area contributed by atoms with Crippen molar-refractivity contribution in [1.29, 1.82) is 0 Å². The Balaban J connectivity index is 1.90. The Kier molecular flexibility index (Phi) is 3.83. The van der Waals surface area contributed by atoms with Gasteiger partial charge < -0.3 is 10.0 Å². The molecule has 1 aromatic heterocycles. The molecule has 7 heteroatoms. The van der Waals surface area contributed by atoms with Crippen molar-refractivity contribution in [3.8, 4) is 0 Å². The van der Waals surface area contributed by atoms with Gasteiger partial charge in [0.25, 0.3) is 0 Å². The molecule has 1 aliphatic heterocycles. The summed E-state index contributed by atoms with van der Waals surface area (Å²) in [7, 11) is 0. The first-order valence-electron chi connectivity index (χ1n) is 6.51. The largest absolute Gasteiger partial charge is 0.465 e. The zero-order valence-electron chi connectivity index (χ0n) is 11.1. The minimum atomic E-state index is -0.912. The zero-order chi connectivity index (χ0) is 15.0. The molecule has 0 atom stereocenters. The summed E-state index contributed by atoms with van der Waals surface area (Å²) >= 11 is 2.18. The van der Waals surface area contributed by atoms with Crippen molar-refractivity contribution in [2.45, 2.75) is 19.5 Å². The molecule has 0 radical (unpaired) electrons. The topological polar surface area (TPSA) is 58.4 Å². The van der Waals surface area contributed by atoms with Gasteiger partial charge in [-0.05, 0) is 46.7 Å². The molecular weight excluding hydrogens is 388 g/mol. The molecule has 0 saturated heterocycles. The van der Waals surface area contributed by atoms with Gasteiger partial charge in [-0.2, -0.15) is 5.10 Å². The number of aromatic nitrogens is 2. The molecule has 0 saturated carbocycles. The third kappa shape index (κ3) is 2.87. The number of carboxylic acid groups (broad SMARTS) is 1. The fourth-order valence-electron chi connectivity index (χ4n) is 2.49. The molecule has 5 nitrogen and oxygen atoms in total. The highest BCUT2D eigenvalue weighted by Crippen LogP contribution is 2.24. The molecule has 1 amide bonds. The average molecular weight is 401 g/mol. The van der Waals surface area contributed by atoms with Gasteiger partial charge >= 0.3 is 6.09 Å². The van der Waals surface area contributed by atoms with Gasteiger partial charge in [0, 0.05) is 12.1 Å². The average Bonchev–Trinajstić information content (AvgIpc) is 2.77. The summed E-state index contributed by atoms with van der Waals surface area (Å²) in [5.74, 6) is -0.270. The van der Waals surface area contributed by atoms with Gasteiger partial charge in [0.15, 0.2) is 0 Å². The monoisotopic (exact) mass is 401 g/mol. The minimum Gasteiger partial charge on any atom is -0.465 e. The van der Waals surface area contributed by atoms with E-state index in [-0.39, 0.29) is 5.82 Å². The van der Waals surface area contributed by atoms with Crippen molar-refractivity contribution in [2.75, 3.05) is 6.54 Å². The molecule has 1 N–H and O–H groups in total. The summed E-state index contributed by atoms with van der Waals surface area (Å²) in [6.07, 6.45) is -0.228. The molecule has 1 aromatic carbocycles. The Bertz CT molecular complexity index is 684. The van der Waals surface area contributed by atoms with Gasteiger partial charge in [-0.3, -0.25) is 4.68 Å². The van der Waals surface area contributed by atoms with Gasteiger partial charge in [-0.1, -0.05) is 12.1 Å². The number of amides is 1. The molecule has 110 valence electrons. The Hall–Kier alpha value is -1.64. The van der Waals surface area contributed by atoms with Crippen LogP contribution in [0.25, 0.3) is 0 Å². The van der Waals surface area contributed by atoms with Crippen LogP contribution in [0.15, 0.2) is 24.3 Å². The molecule has 2 heterocycles. The highest BCUT2D eigenvalue weighted by atomic mass is 127. The van der Waals surface area contributed by atoms with E-state index >= 15 is 0 Å². The lowest BCUT2D eigenvalue weighted by Gasteiger charge is -2.25. The number of halogens is 2. The van der Waals surface area contributed by atoms with E-state index < -0.39 is 6.09 Å². The Morgan fingerprint density at radius 2 is 2.10 bits per heavy atom. The van der Waals surface area contributed by atoms with Crippen LogP contribution in [0, 0.1) is 9.52 Å². The molecule has 2 aromatic rings. The fourth-order valence-corrected chi connectivity index (χ4v) is 3.33. The maximum Gasteiger partial charge on any atom is 0.407 e. The summed E-state index contributed by atoms with van der Waals surface area (Å²) < 4.78 is 15.7. The van der Waals surface area contributed by atoms with Crippen molar-refractivity contribution < 1.29 is 14.3 Å². The van der Waals surface area contributed by atoms with Crippen molar-refractivity contribution in [1.82, 2.24) is 14.7 Å². The van der Waals surface area contributed by atoms with E-state index in [0.29, 0.717) is 26.1 Å². The maximum atomic E-state index is 12.9. The molecule has 21 heavy (non-hydrogen) atoms. The molecule has 0 fully saturated rings. The SMILES string of the molecule is O=C(O)N1CCc2c(I)nn(Cc3ccc(F)cc3)c2C1. The van der Waals surface area contributed by atoms with Gasteiger partial charge in [0.2, 0.25) is 0 Å². The lowest BCUT2D eigenvalue weighted by Crippen LogP contribution is -2.35. The second-order valence-corrected chi connectivity index (χ2v) is 5.98. The predicted octanol–water partition coefficient (Wildman–Crippen LogP) is 2.71.